The third-order valence-electron chi connectivity index (χ3n) is 8.76. The zero-order chi connectivity index (χ0) is 33.1. The highest BCUT2D eigenvalue weighted by atomic mass is 35.5. The maximum Gasteiger partial charge on any atom is 0.416 e. The summed E-state index contributed by atoms with van der Waals surface area (Å²) in [7, 11) is 0. The summed E-state index contributed by atoms with van der Waals surface area (Å²) in [4.78, 5) is 51.2. The van der Waals surface area contributed by atoms with Crippen LogP contribution in [0.25, 0.3) is 17.2 Å². The Bertz CT molecular complexity index is 2130. The minimum absolute atomic E-state index is 0.0102. The third kappa shape index (κ3) is 5.27. The fraction of sp³-hybridized carbons (Fsp3) is 0.250. The lowest BCUT2D eigenvalue weighted by Gasteiger charge is -2.25. The predicted molar refractivity (Wildman–Crippen MR) is 164 cm³/mol. The molecule has 1 aliphatic heterocycles. The fourth-order valence-electron chi connectivity index (χ4n) is 6.54. The molecule has 240 valence electrons. The smallest absolute Gasteiger partial charge is 0.416 e. The quantitative estimate of drug-likeness (QED) is 0.278. The summed E-state index contributed by atoms with van der Waals surface area (Å²) >= 11 is 6.10. The average molecular weight is 664 g/mol. The van der Waals surface area contributed by atoms with Crippen LogP contribution in [-0.2, 0) is 29.4 Å². The number of aromatic nitrogens is 5. The Labute approximate surface area is 269 Å². The van der Waals surface area contributed by atoms with Gasteiger partial charge in [-0.1, -0.05) is 41.9 Å². The lowest BCUT2D eigenvalue weighted by molar-refractivity contribution is -0.137. The number of carbonyl (C=O) groups is 2. The summed E-state index contributed by atoms with van der Waals surface area (Å²) < 4.78 is 42.2. The second-order valence-electron chi connectivity index (χ2n) is 11.6. The Balaban J connectivity index is 1.28. The van der Waals surface area contributed by atoms with Gasteiger partial charge in [0, 0.05) is 41.5 Å². The van der Waals surface area contributed by atoms with Gasteiger partial charge in [0.15, 0.2) is 11.5 Å². The number of rotatable bonds is 5. The molecule has 15 heteroatoms. The molecule has 7 rings (SSSR count). The lowest BCUT2D eigenvalue weighted by Crippen LogP contribution is -2.38. The summed E-state index contributed by atoms with van der Waals surface area (Å²) in [5, 5.41) is 17.0. The first-order valence-corrected chi connectivity index (χ1v) is 15.0. The van der Waals surface area contributed by atoms with Crippen LogP contribution in [0.1, 0.15) is 40.2 Å². The number of amides is 2. The Morgan fingerprint density at radius 3 is 2.57 bits per heavy atom. The van der Waals surface area contributed by atoms with Crippen LogP contribution in [0.2, 0.25) is 5.02 Å². The van der Waals surface area contributed by atoms with Gasteiger partial charge in [-0.25, -0.2) is 4.98 Å². The van der Waals surface area contributed by atoms with E-state index in [1.807, 2.05) is 6.07 Å². The third-order valence-corrected chi connectivity index (χ3v) is 9.07. The molecule has 11 nitrogen and oxygen atoms in total. The van der Waals surface area contributed by atoms with E-state index >= 15 is 0 Å². The number of aromatic hydroxyl groups is 1. The van der Waals surface area contributed by atoms with Crippen LogP contribution in [0.5, 0.6) is 5.75 Å². The van der Waals surface area contributed by atoms with E-state index in [9.17, 15) is 32.7 Å². The molecule has 1 spiro atoms. The van der Waals surface area contributed by atoms with Gasteiger partial charge in [-0.15, -0.1) is 5.10 Å². The number of hydrogen-bond acceptors (Lipinski definition) is 7. The molecule has 47 heavy (non-hydrogen) atoms. The topological polar surface area (TPSA) is 135 Å². The fourth-order valence-corrected chi connectivity index (χ4v) is 6.77. The van der Waals surface area contributed by atoms with Gasteiger partial charge in [-0.3, -0.25) is 14.4 Å². The van der Waals surface area contributed by atoms with Crippen molar-refractivity contribution in [1.82, 2.24) is 29.0 Å². The van der Waals surface area contributed by atoms with E-state index in [-0.39, 0.29) is 46.8 Å². The van der Waals surface area contributed by atoms with Crippen molar-refractivity contribution in [2.45, 2.75) is 37.4 Å². The van der Waals surface area contributed by atoms with E-state index in [2.05, 4.69) is 20.4 Å². The van der Waals surface area contributed by atoms with Crippen LogP contribution in [0.4, 0.5) is 18.9 Å². The van der Waals surface area contributed by atoms with Crippen molar-refractivity contribution in [2.75, 3.05) is 18.4 Å². The summed E-state index contributed by atoms with van der Waals surface area (Å²) in [5.41, 5.74) is -0.611. The molecule has 1 fully saturated rings. The van der Waals surface area contributed by atoms with E-state index in [1.165, 1.54) is 18.3 Å². The maximum atomic E-state index is 14.2. The van der Waals surface area contributed by atoms with E-state index < -0.39 is 34.5 Å². The molecule has 0 saturated carbocycles. The highest BCUT2D eigenvalue weighted by molar-refractivity contribution is 6.33. The molecule has 2 aliphatic rings. The SMILES string of the molecule is O=C(Cn1c2c(c(=O)n3nc(-c4ccccc4)nc13)C1(CC2)CCN(C(=O)c2ncccc2O)C1)Nc1ccc(C(F)(F)F)cc1Cl. The summed E-state index contributed by atoms with van der Waals surface area (Å²) in [5.74, 6) is -0.949. The van der Waals surface area contributed by atoms with Gasteiger partial charge < -0.3 is 19.9 Å². The minimum atomic E-state index is -4.60. The largest absolute Gasteiger partial charge is 0.505 e. The van der Waals surface area contributed by atoms with Gasteiger partial charge in [-0.05, 0) is 49.6 Å². The van der Waals surface area contributed by atoms with Crippen LogP contribution < -0.4 is 10.9 Å². The van der Waals surface area contributed by atoms with Gasteiger partial charge in [0.2, 0.25) is 11.7 Å². The van der Waals surface area contributed by atoms with Crippen molar-refractivity contribution in [1.29, 1.82) is 0 Å². The van der Waals surface area contributed by atoms with Crippen LogP contribution in [0.3, 0.4) is 0 Å². The molecule has 2 N–H and O–H groups in total. The molecule has 2 aromatic carbocycles. The number of alkyl halides is 3. The van der Waals surface area contributed by atoms with Crippen molar-refractivity contribution in [3.8, 4) is 17.1 Å². The highest BCUT2D eigenvalue weighted by Gasteiger charge is 2.49. The van der Waals surface area contributed by atoms with Gasteiger partial charge >= 0.3 is 6.18 Å². The van der Waals surface area contributed by atoms with Crippen molar-refractivity contribution >= 4 is 34.9 Å². The molecular weight excluding hydrogens is 639 g/mol. The van der Waals surface area contributed by atoms with E-state index in [0.717, 1.165) is 22.7 Å². The molecule has 1 aliphatic carbocycles. The molecule has 4 heterocycles. The second-order valence-corrected chi connectivity index (χ2v) is 12.0. The minimum Gasteiger partial charge on any atom is -0.505 e. The summed E-state index contributed by atoms with van der Waals surface area (Å²) in [6.07, 6.45) is -1.85. The van der Waals surface area contributed by atoms with Crippen LogP contribution in [0.15, 0.2) is 71.7 Å². The number of hydrogen-bond donors (Lipinski definition) is 2. The number of likely N-dealkylation sites (tertiary alicyclic amines) is 1. The van der Waals surface area contributed by atoms with Gasteiger partial charge in [0.05, 0.1) is 16.3 Å². The summed E-state index contributed by atoms with van der Waals surface area (Å²) in [6, 6.07) is 14.5. The van der Waals surface area contributed by atoms with Crippen LogP contribution in [-0.4, -0.2) is 59.1 Å². The first kappa shape index (κ1) is 30.4. The zero-order valence-electron chi connectivity index (χ0n) is 24.5. The van der Waals surface area contributed by atoms with Gasteiger partial charge in [0.1, 0.15) is 12.3 Å². The first-order valence-electron chi connectivity index (χ1n) is 14.6. The number of halogens is 4. The van der Waals surface area contributed by atoms with Crippen LogP contribution in [0, 0.1) is 0 Å². The predicted octanol–water partition coefficient (Wildman–Crippen LogP) is 4.70. The number of nitrogens with zero attached hydrogens (tertiary/aromatic N) is 6. The van der Waals surface area contributed by atoms with Gasteiger partial charge in [-0.2, -0.15) is 22.7 Å². The Morgan fingerprint density at radius 1 is 1.06 bits per heavy atom. The van der Waals surface area contributed by atoms with Crippen LogP contribution >= 0.6 is 11.6 Å². The van der Waals surface area contributed by atoms with E-state index in [1.54, 1.807) is 33.7 Å². The zero-order valence-corrected chi connectivity index (χ0v) is 25.2. The number of benzene rings is 2. The number of nitrogens with one attached hydrogen (secondary N) is 1. The second kappa shape index (κ2) is 11.2. The standard InChI is InChI=1S/C32H25ClF3N7O4/c33-20-15-19(32(34,35)36)8-9-21(20)38-24(45)16-42-22-10-11-31(12-14-41(17-31)29(47)26-23(44)7-4-13-37-26)25(22)28(46)43-30(42)39-27(40-43)18-5-2-1-3-6-18/h1-9,13,15,44H,10-12,14,16-17H2,(H,38,45). The lowest BCUT2D eigenvalue weighted by atomic mass is 9.82. The number of pyridine rings is 1. The normalized spacial score (nSPS) is 17.4. The maximum absolute atomic E-state index is 14.2. The molecule has 0 radical (unpaired) electrons. The molecule has 1 atom stereocenters. The van der Waals surface area contributed by atoms with Crippen molar-refractivity contribution in [3.05, 3.63) is 105 Å². The molecule has 1 unspecified atom stereocenters. The highest BCUT2D eigenvalue weighted by Crippen LogP contribution is 2.45. The van der Waals surface area contributed by atoms with Gasteiger partial charge in [0.25, 0.3) is 11.5 Å². The molecular formula is C32H25ClF3N7O4. The number of carbonyl (C=O) groups excluding carboxylic acids is 2. The Hall–Kier alpha value is -5.24. The molecule has 3 aromatic heterocycles. The van der Waals surface area contributed by atoms with Crippen molar-refractivity contribution in [2.24, 2.45) is 0 Å². The molecule has 5 aromatic rings. The van der Waals surface area contributed by atoms with Crippen molar-refractivity contribution < 1.29 is 27.9 Å². The Kier molecular flexibility index (Phi) is 7.27. The first-order chi connectivity index (χ1) is 22.4. The number of fused-ring (bicyclic) bond motifs is 3. The molecule has 2 amide bonds. The Morgan fingerprint density at radius 2 is 1.85 bits per heavy atom. The summed E-state index contributed by atoms with van der Waals surface area (Å²) in [6.45, 7) is 0.144. The molecule has 1 saturated heterocycles. The van der Waals surface area contributed by atoms with E-state index in [0.29, 0.717) is 42.6 Å². The average Bonchev–Trinajstić information content (AvgIpc) is 3.78. The number of anilines is 1. The monoisotopic (exact) mass is 663 g/mol. The van der Waals surface area contributed by atoms with E-state index in [4.69, 9.17) is 11.6 Å². The van der Waals surface area contributed by atoms with Crippen molar-refractivity contribution in [3.63, 3.8) is 0 Å². The molecule has 0 bridgehead atoms.